The maximum absolute atomic E-state index is 11.0. The summed E-state index contributed by atoms with van der Waals surface area (Å²) in [6, 6.07) is 8.11. The van der Waals surface area contributed by atoms with Crippen LogP contribution in [0.15, 0.2) is 34.9 Å². The highest BCUT2D eigenvalue weighted by Gasteiger charge is 2.21. The maximum atomic E-state index is 11.0. The lowest BCUT2D eigenvalue weighted by Crippen LogP contribution is -1.98. The number of hydrogen-bond acceptors (Lipinski definition) is 5. The molecule has 0 bridgehead atoms. The third-order valence-electron chi connectivity index (χ3n) is 2.58. The predicted molar refractivity (Wildman–Crippen MR) is 74.6 cm³/mol. The van der Waals surface area contributed by atoms with E-state index >= 15 is 0 Å². The molecule has 0 N–H and O–H groups in total. The minimum Gasteiger partial charge on any atom is -0.429 e. The molecular weight excluding hydrogens is 326 g/mol. The zero-order chi connectivity index (χ0) is 14.7. The Hall–Kier alpha value is -2.46. The number of nitro groups is 1. The number of hydrogen-bond donors (Lipinski definition) is 0. The molecule has 0 fully saturated rings. The lowest BCUT2D eigenvalue weighted by Gasteiger charge is -2.09. The summed E-state index contributed by atoms with van der Waals surface area (Å²) in [5.41, 5.74) is 0.733. The van der Waals surface area contributed by atoms with E-state index < -0.39 is 4.92 Å². The van der Waals surface area contributed by atoms with Crippen LogP contribution < -0.4 is 4.74 Å². The Bertz CT molecular complexity index is 725. The molecule has 0 unspecified atom stereocenters. The molecule has 1 heterocycles. The summed E-state index contributed by atoms with van der Waals surface area (Å²) < 4.78 is 5.90. The average Bonchev–Trinajstić information content (AvgIpc) is 2.41. The zero-order valence-corrected chi connectivity index (χ0v) is 11.9. The Morgan fingerprint density at radius 2 is 2.20 bits per heavy atom. The minimum absolute atomic E-state index is 0.0205. The number of nitrogens with zero attached hydrogens (tertiary/aromatic N) is 3. The first kappa shape index (κ1) is 14.0. The third kappa shape index (κ3) is 2.60. The van der Waals surface area contributed by atoms with Crippen LogP contribution >= 0.6 is 15.9 Å². The van der Waals surface area contributed by atoms with Gasteiger partial charge in [0.2, 0.25) is 11.6 Å². The zero-order valence-electron chi connectivity index (χ0n) is 10.3. The number of aryl methyl sites for hydroxylation is 1. The molecule has 1 aromatic heterocycles. The summed E-state index contributed by atoms with van der Waals surface area (Å²) in [5.74, 6) is 0.0644. The quantitative estimate of drug-likeness (QED) is 0.630. The summed E-state index contributed by atoms with van der Waals surface area (Å²) in [5, 5.41) is 20.1. The van der Waals surface area contributed by atoms with Crippen LogP contribution in [0.1, 0.15) is 11.1 Å². The average molecular weight is 334 g/mol. The Kier molecular flexibility index (Phi) is 3.96. The van der Waals surface area contributed by atoms with E-state index in [4.69, 9.17) is 10.00 Å². The molecule has 2 rings (SSSR count). The predicted octanol–water partition coefficient (Wildman–Crippen LogP) is 3.72. The molecule has 0 aliphatic heterocycles. The third-order valence-corrected chi connectivity index (χ3v) is 3.20. The Morgan fingerprint density at radius 3 is 2.85 bits per heavy atom. The standard InChI is InChI=1S/C13H8BrN3O3/c1-8-5-6-16-13(9(8)7-15)20-12-10(14)3-2-4-11(12)17(18)19/h2-6H,1H3. The van der Waals surface area contributed by atoms with Gasteiger partial charge in [-0.25, -0.2) is 4.98 Å². The Labute approximate surface area is 122 Å². The van der Waals surface area contributed by atoms with Crippen molar-refractivity contribution in [3.8, 4) is 17.7 Å². The SMILES string of the molecule is Cc1ccnc(Oc2c(Br)cccc2[N+](=O)[O-])c1C#N. The first-order valence-corrected chi connectivity index (χ1v) is 6.30. The molecule has 1 aromatic carbocycles. The molecule has 0 amide bonds. The number of aromatic nitrogens is 1. The Morgan fingerprint density at radius 1 is 1.45 bits per heavy atom. The fraction of sp³-hybridized carbons (Fsp3) is 0.0769. The smallest absolute Gasteiger partial charge is 0.312 e. The summed E-state index contributed by atoms with van der Waals surface area (Å²) in [7, 11) is 0. The summed E-state index contributed by atoms with van der Waals surface area (Å²) >= 11 is 3.20. The molecule has 100 valence electrons. The van der Waals surface area contributed by atoms with E-state index in [9.17, 15) is 10.1 Å². The molecule has 2 aromatic rings. The van der Waals surface area contributed by atoms with Gasteiger partial charge in [-0.1, -0.05) is 6.07 Å². The second-order valence-electron chi connectivity index (χ2n) is 3.87. The van der Waals surface area contributed by atoms with Gasteiger partial charge in [-0.2, -0.15) is 5.26 Å². The molecule has 0 aliphatic rings. The highest BCUT2D eigenvalue weighted by atomic mass is 79.9. The van der Waals surface area contributed by atoms with Crippen LogP contribution in [0.2, 0.25) is 0 Å². The lowest BCUT2D eigenvalue weighted by molar-refractivity contribution is -0.385. The molecule has 7 heteroatoms. The van der Waals surface area contributed by atoms with Gasteiger partial charge in [0, 0.05) is 12.3 Å². The van der Waals surface area contributed by atoms with Crippen molar-refractivity contribution >= 4 is 21.6 Å². The van der Waals surface area contributed by atoms with Gasteiger partial charge in [0.25, 0.3) is 0 Å². The van der Waals surface area contributed by atoms with Crippen LogP contribution in [-0.2, 0) is 0 Å². The first-order chi connectivity index (χ1) is 9.54. The normalized spacial score (nSPS) is 9.85. The van der Waals surface area contributed by atoms with Crippen molar-refractivity contribution in [3.63, 3.8) is 0 Å². The molecule has 20 heavy (non-hydrogen) atoms. The van der Waals surface area contributed by atoms with E-state index in [0.29, 0.717) is 10.0 Å². The molecule has 6 nitrogen and oxygen atoms in total. The fourth-order valence-corrected chi connectivity index (χ4v) is 2.02. The highest BCUT2D eigenvalue weighted by Crippen LogP contribution is 2.38. The van der Waals surface area contributed by atoms with Crippen LogP contribution in [0.25, 0.3) is 0 Å². The number of nitriles is 1. The molecule has 0 atom stereocenters. The molecule has 0 aliphatic carbocycles. The van der Waals surface area contributed by atoms with Crippen LogP contribution in [0.5, 0.6) is 11.6 Å². The van der Waals surface area contributed by atoms with E-state index in [0.717, 1.165) is 0 Å². The van der Waals surface area contributed by atoms with Crippen molar-refractivity contribution in [1.82, 2.24) is 4.98 Å². The van der Waals surface area contributed by atoms with Crippen molar-refractivity contribution < 1.29 is 9.66 Å². The number of nitro benzene ring substituents is 1. The summed E-state index contributed by atoms with van der Waals surface area (Å²) in [6.07, 6.45) is 1.48. The second-order valence-corrected chi connectivity index (χ2v) is 4.72. The van der Waals surface area contributed by atoms with Crippen molar-refractivity contribution in [2.24, 2.45) is 0 Å². The van der Waals surface area contributed by atoms with E-state index in [2.05, 4.69) is 20.9 Å². The number of halogens is 1. The van der Waals surface area contributed by atoms with Crippen molar-refractivity contribution in [2.45, 2.75) is 6.92 Å². The largest absolute Gasteiger partial charge is 0.429 e. The van der Waals surface area contributed by atoms with Gasteiger partial charge >= 0.3 is 5.69 Å². The van der Waals surface area contributed by atoms with Gasteiger partial charge in [-0.05, 0) is 40.5 Å². The Balaban J connectivity index is 2.54. The fourth-order valence-electron chi connectivity index (χ4n) is 1.59. The number of pyridine rings is 1. The van der Waals surface area contributed by atoms with E-state index in [1.807, 2.05) is 6.07 Å². The van der Waals surface area contributed by atoms with Crippen LogP contribution in [0, 0.1) is 28.4 Å². The first-order valence-electron chi connectivity index (χ1n) is 5.51. The number of para-hydroxylation sites is 1. The van der Waals surface area contributed by atoms with Crippen molar-refractivity contribution in [3.05, 3.63) is 56.2 Å². The molecule has 0 saturated heterocycles. The molecule has 0 radical (unpaired) electrons. The van der Waals surface area contributed by atoms with E-state index in [1.165, 1.54) is 18.3 Å². The lowest BCUT2D eigenvalue weighted by atomic mass is 10.2. The number of rotatable bonds is 3. The van der Waals surface area contributed by atoms with Crippen molar-refractivity contribution in [2.75, 3.05) is 0 Å². The van der Waals surface area contributed by atoms with Crippen LogP contribution in [-0.4, -0.2) is 9.91 Å². The van der Waals surface area contributed by atoms with Crippen molar-refractivity contribution in [1.29, 1.82) is 5.26 Å². The topological polar surface area (TPSA) is 89.1 Å². The van der Waals surface area contributed by atoms with E-state index in [-0.39, 0.29) is 22.9 Å². The summed E-state index contributed by atoms with van der Waals surface area (Å²) in [6.45, 7) is 1.74. The number of ether oxygens (including phenoxy) is 1. The van der Waals surface area contributed by atoms with Gasteiger partial charge in [-0.3, -0.25) is 10.1 Å². The van der Waals surface area contributed by atoms with Gasteiger partial charge < -0.3 is 4.74 Å². The van der Waals surface area contributed by atoms with Crippen LogP contribution in [0.4, 0.5) is 5.69 Å². The number of benzene rings is 1. The summed E-state index contributed by atoms with van der Waals surface area (Å²) in [4.78, 5) is 14.4. The van der Waals surface area contributed by atoms with Gasteiger partial charge in [-0.15, -0.1) is 0 Å². The van der Waals surface area contributed by atoms with E-state index in [1.54, 1.807) is 19.1 Å². The van der Waals surface area contributed by atoms with Crippen LogP contribution in [0.3, 0.4) is 0 Å². The monoisotopic (exact) mass is 333 g/mol. The molecule has 0 saturated carbocycles. The van der Waals surface area contributed by atoms with Gasteiger partial charge in [0.1, 0.15) is 11.6 Å². The maximum Gasteiger partial charge on any atom is 0.312 e. The highest BCUT2D eigenvalue weighted by molar-refractivity contribution is 9.10. The molecular formula is C13H8BrN3O3. The van der Waals surface area contributed by atoms with Gasteiger partial charge in [0.05, 0.1) is 9.40 Å². The second kappa shape index (κ2) is 5.67. The van der Waals surface area contributed by atoms with Gasteiger partial charge in [0.15, 0.2) is 0 Å². The minimum atomic E-state index is -0.554. The molecule has 0 spiro atoms.